The van der Waals surface area contributed by atoms with Gasteiger partial charge in [-0.3, -0.25) is 4.79 Å². The lowest BCUT2D eigenvalue weighted by Crippen LogP contribution is -2.52. The predicted molar refractivity (Wildman–Crippen MR) is 97.1 cm³/mol. The van der Waals surface area contributed by atoms with Crippen molar-refractivity contribution in [3.8, 4) is 0 Å². The minimum absolute atomic E-state index is 0.0266. The Morgan fingerprint density at radius 1 is 1.29 bits per heavy atom. The molecule has 1 aromatic rings. The number of rotatable bonds is 4. The second-order valence-corrected chi connectivity index (χ2v) is 7.33. The lowest BCUT2D eigenvalue weighted by molar-refractivity contribution is -0.899. The number of hydrogen-bond acceptors (Lipinski definition) is 2. The van der Waals surface area contributed by atoms with E-state index in [1.165, 1.54) is 0 Å². The minimum atomic E-state index is -0.349. The monoisotopic (exact) mass is 324 g/mol. The maximum atomic E-state index is 12.9. The summed E-state index contributed by atoms with van der Waals surface area (Å²) in [5, 5.41) is 7.85. The quantitative estimate of drug-likeness (QED) is 0.847. The molecule has 0 bridgehead atoms. The Hall–Kier alpha value is -2.20. The first kappa shape index (κ1) is 16.7. The number of nitrogens with one attached hydrogen (secondary N) is 1. The Balaban J connectivity index is 1.91. The summed E-state index contributed by atoms with van der Waals surface area (Å²) in [5.74, 6) is 0.0266. The Bertz CT molecular complexity index is 719. The number of hydrogen-bond donors (Lipinski definition) is 1. The molecule has 1 amide bonds. The maximum Gasteiger partial charge on any atom is 0.253 e. The van der Waals surface area contributed by atoms with Gasteiger partial charge >= 0.3 is 0 Å². The van der Waals surface area contributed by atoms with Crippen LogP contribution in [0.3, 0.4) is 0 Å². The highest BCUT2D eigenvalue weighted by atomic mass is 16.2. The highest BCUT2D eigenvalue weighted by molar-refractivity contribution is 5.96. The van der Waals surface area contributed by atoms with Gasteiger partial charge in [0.25, 0.3) is 5.91 Å². The summed E-state index contributed by atoms with van der Waals surface area (Å²) in [4.78, 5) is 12.9. The molecule has 2 unspecified atom stereocenters. The molecule has 24 heavy (non-hydrogen) atoms. The average Bonchev–Trinajstić information content (AvgIpc) is 3.02. The molecule has 126 valence electrons. The van der Waals surface area contributed by atoms with Gasteiger partial charge in [-0.1, -0.05) is 41.0 Å². The van der Waals surface area contributed by atoms with Crippen molar-refractivity contribution in [2.45, 2.75) is 45.7 Å². The lowest BCUT2D eigenvalue weighted by Gasteiger charge is -2.39. The highest BCUT2D eigenvalue weighted by Crippen LogP contribution is 2.35. The number of benzene rings is 1. The van der Waals surface area contributed by atoms with Crippen LogP contribution in [0.4, 0.5) is 0 Å². The van der Waals surface area contributed by atoms with Gasteiger partial charge in [-0.05, 0) is 39.7 Å². The summed E-state index contributed by atoms with van der Waals surface area (Å²) >= 11 is 0. The largest absolute Gasteiger partial charge is 0.343 e. The fraction of sp³-hybridized carbons (Fsp3) is 0.400. The fourth-order valence-electron chi connectivity index (χ4n) is 3.61. The van der Waals surface area contributed by atoms with E-state index in [0.717, 1.165) is 23.1 Å². The van der Waals surface area contributed by atoms with Crippen LogP contribution in [0.1, 0.15) is 39.7 Å². The van der Waals surface area contributed by atoms with Gasteiger partial charge in [-0.25, -0.2) is 0 Å². The van der Waals surface area contributed by atoms with Crippen LogP contribution < -0.4 is 5.32 Å². The summed E-state index contributed by atoms with van der Waals surface area (Å²) in [7, 11) is 0. The second kappa shape index (κ2) is 6.02. The van der Waals surface area contributed by atoms with Crippen LogP contribution >= 0.6 is 0 Å². The van der Waals surface area contributed by atoms with Crippen molar-refractivity contribution in [3.05, 3.63) is 59.3 Å². The molecule has 1 aromatic carbocycles. The van der Waals surface area contributed by atoms with E-state index < -0.39 is 0 Å². The van der Waals surface area contributed by atoms with E-state index >= 15 is 0 Å². The van der Waals surface area contributed by atoms with Crippen LogP contribution in [0.25, 0.3) is 0 Å². The van der Waals surface area contributed by atoms with Gasteiger partial charge in [-0.2, -0.15) is 4.59 Å². The standard InChI is InChI=1S/C20H25N3O/c1-15(2)23(12-8-11-21-23)14-18-16(3)13-20(4,22-19(18)24)17-9-6-5-7-10-17/h5-12,15H,13-14H2,1-4H3/p+1. The van der Waals surface area contributed by atoms with E-state index in [2.05, 4.69) is 56.4 Å². The smallest absolute Gasteiger partial charge is 0.253 e. The summed E-state index contributed by atoms with van der Waals surface area (Å²) in [6.45, 7) is 9.05. The van der Waals surface area contributed by atoms with Crippen molar-refractivity contribution in [2.75, 3.05) is 6.54 Å². The molecule has 0 saturated heterocycles. The third-order valence-corrected chi connectivity index (χ3v) is 5.23. The third kappa shape index (κ3) is 2.82. The minimum Gasteiger partial charge on any atom is -0.343 e. The summed E-state index contributed by atoms with van der Waals surface area (Å²) < 4.78 is 0.460. The number of quaternary nitrogens is 1. The fourth-order valence-corrected chi connectivity index (χ4v) is 3.61. The molecule has 2 aliphatic heterocycles. The lowest BCUT2D eigenvalue weighted by atomic mass is 9.81. The molecule has 0 radical (unpaired) electrons. The van der Waals surface area contributed by atoms with Crippen LogP contribution in [0.15, 0.2) is 58.9 Å². The predicted octanol–water partition coefficient (Wildman–Crippen LogP) is 3.48. The summed E-state index contributed by atoms with van der Waals surface area (Å²) in [6, 6.07) is 10.5. The van der Waals surface area contributed by atoms with Crippen molar-refractivity contribution in [2.24, 2.45) is 5.10 Å². The highest BCUT2D eigenvalue weighted by Gasteiger charge is 2.40. The Labute approximate surface area is 144 Å². The van der Waals surface area contributed by atoms with Crippen LogP contribution in [0, 0.1) is 0 Å². The third-order valence-electron chi connectivity index (χ3n) is 5.23. The SMILES string of the molecule is CC1=C(C[N+]2(C(C)C)C=CC=N2)C(=O)NC(C)(c2ccccc2)C1. The van der Waals surface area contributed by atoms with E-state index in [4.69, 9.17) is 0 Å². The van der Waals surface area contributed by atoms with E-state index in [0.29, 0.717) is 11.1 Å². The molecule has 1 N–H and O–H groups in total. The maximum absolute atomic E-state index is 12.9. The molecular weight excluding hydrogens is 298 g/mol. The van der Waals surface area contributed by atoms with Gasteiger partial charge in [0.15, 0.2) is 0 Å². The molecule has 2 heterocycles. The van der Waals surface area contributed by atoms with Crippen LogP contribution in [0.5, 0.6) is 0 Å². The van der Waals surface area contributed by atoms with Crippen molar-refractivity contribution in [3.63, 3.8) is 0 Å². The summed E-state index contributed by atoms with van der Waals surface area (Å²) in [5.41, 5.74) is 2.81. The van der Waals surface area contributed by atoms with Gasteiger partial charge < -0.3 is 5.32 Å². The van der Waals surface area contributed by atoms with Crippen molar-refractivity contribution >= 4 is 12.1 Å². The van der Waals surface area contributed by atoms with Gasteiger partial charge in [0.1, 0.15) is 18.8 Å². The molecule has 3 rings (SSSR count). The number of nitrogens with zero attached hydrogens (tertiary/aromatic N) is 2. The molecule has 2 atom stereocenters. The molecule has 4 nitrogen and oxygen atoms in total. The topological polar surface area (TPSA) is 41.5 Å². The first-order chi connectivity index (χ1) is 11.4. The molecule has 0 aromatic heterocycles. The zero-order valence-electron chi connectivity index (χ0n) is 14.9. The Kier molecular flexibility index (Phi) is 4.18. The van der Waals surface area contributed by atoms with Crippen LogP contribution in [-0.4, -0.2) is 29.3 Å². The zero-order valence-corrected chi connectivity index (χ0v) is 14.9. The first-order valence-electron chi connectivity index (χ1n) is 8.54. The molecule has 0 spiro atoms. The number of carbonyl (C=O) groups is 1. The molecule has 4 heteroatoms. The first-order valence-corrected chi connectivity index (χ1v) is 8.54. The van der Waals surface area contributed by atoms with Crippen LogP contribution in [0.2, 0.25) is 0 Å². The van der Waals surface area contributed by atoms with Gasteiger partial charge in [0.05, 0.1) is 17.3 Å². The van der Waals surface area contributed by atoms with Crippen LogP contribution in [-0.2, 0) is 10.3 Å². The summed E-state index contributed by atoms with van der Waals surface area (Å²) in [6.07, 6.45) is 6.68. The molecular formula is C20H26N3O+. The van der Waals surface area contributed by atoms with Crippen molar-refractivity contribution in [1.29, 1.82) is 0 Å². The van der Waals surface area contributed by atoms with Gasteiger partial charge in [0.2, 0.25) is 0 Å². The molecule has 0 saturated carbocycles. The molecule has 0 fully saturated rings. The van der Waals surface area contributed by atoms with Crippen molar-refractivity contribution < 1.29 is 9.39 Å². The zero-order chi connectivity index (χ0) is 17.4. The van der Waals surface area contributed by atoms with E-state index in [1.54, 1.807) is 0 Å². The number of amides is 1. The van der Waals surface area contributed by atoms with Gasteiger partial charge in [0, 0.05) is 6.08 Å². The molecule has 0 aliphatic carbocycles. The van der Waals surface area contributed by atoms with Gasteiger partial charge in [-0.15, -0.1) is 0 Å². The van der Waals surface area contributed by atoms with Crippen molar-refractivity contribution in [1.82, 2.24) is 5.32 Å². The Morgan fingerprint density at radius 2 is 2.00 bits per heavy atom. The van der Waals surface area contributed by atoms with E-state index in [-0.39, 0.29) is 17.5 Å². The normalized spacial score (nSPS) is 29.5. The Morgan fingerprint density at radius 3 is 2.54 bits per heavy atom. The van der Waals surface area contributed by atoms with E-state index in [1.807, 2.05) is 30.5 Å². The number of carbonyl (C=O) groups excluding carboxylic acids is 1. The molecule has 2 aliphatic rings. The average molecular weight is 324 g/mol. The number of allylic oxidation sites excluding steroid dienone is 1. The second-order valence-electron chi connectivity index (χ2n) is 7.33. The van der Waals surface area contributed by atoms with E-state index in [9.17, 15) is 4.79 Å².